The van der Waals surface area contributed by atoms with Crippen LogP contribution in [0.3, 0.4) is 0 Å². The molecule has 16 heteroatoms. The summed E-state index contributed by atoms with van der Waals surface area (Å²) in [6.45, 7) is -0.801. The number of aliphatic hydroxyl groups excluding tert-OH is 2. The molecular formula is C11H16N4O10P2. The summed E-state index contributed by atoms with van der Waals surface area (Å²) in [6, 6.07) is 1.52. The van der Waals surface area contributed by atoms with Crippen molar-refractivity contribution < 1.29 is 47.6 Å². The van der Waals surface area contributed by atoms with Gasteiger partial charge in [0, 0.05) is 6.20 Å². The largest absolute Gasteiger partial charge is 0.481 e. The fraction of sp³-hybridized carbons (Fsp3) is 0.455. The van der Waals surface area contributed by atoms with Crippen LogP contribution in [0.25, 0.3) is 11.2 Å². The summed E-state index contributed by atoms with van der Waals surface area (Å²) in [5, 5.41) is 20.3. The van der Waals surface area contributed by atoms with Gasteiger partial charge in [0.05, 0.1) is 18.6 Å². The Morgan fingerprint density at radius 2 is 1.93 bits per heavy atom. The van der Waals surface area contributed by atoms with Gasteiger partial charge in [0.25, 0.3) is 0 Å². The van der Waals surface area contributed by atoms with E-state index in [0.717, 1.165) is 0 Å². The van der Waals surface area contributed by atoms with E-state index in [9.17, 15) is 24.2 Å². The van der Waals surface area contributed by atoms with Crippen molar-refractivity contribution in [3.63, 3.8) is 0 Å². The minimum absolute atomic E-state index is 0.269. The number of ether oxygens (including phenoxy) is 1. The summed E-state index contributed by atoms with van der Waals surface area (Å²) in [5.41, 5.74) is 6.73. The van der Waals surface area contributed by atoms with Crippen LogP contribution in [0.15, 0.2) is 18.6 Å². The normalized spacial score (nSPS) is 28.5. The van der Waals surface area contributed by atoms with E-state index in [4.69, 9.17) is 20.3 Å². The number of rotatable bonds is 6. The molecule has 0 spiro atoms. The van der Waals surface area contributed by atoms with Crippen LogP contribution < -0.4 is 5.73 Å². The molecule has 0 aromatic carbocycles. The number of imidazole rings is 1. The molecule has 150 valence electrons. The third-order valence-electron chi connectivity index (χ3n) is 3.71. The Kier molecular flexibility index (Phi) is 5.40. The molecule has 0 aliphatic carbocycles. The topological polar surface area (TPSA) is 220 Å². The summed E-state index contributed by atoms with van der Waals surface area (Å²) in [7, 11) is -10.4. The van der Waals surface area contributed by atoms with Gasteiger partial charge in [0.1, 0.15) is 23.8 Å². The Morgan fingerprint density at radius 1 is 1.22 bits per heavy atom. The van der Waals surface area contributed by atoms with Crippen molar-refractivity contribution in [1.29, 1.82) is 0 Å². The van der Waals surface area contributed by atoms with E-state index in [2.05, 4.69) is 18.8 Å². The smallest absolute Gasteiger partial charge is 0.397 e. The lowest BCUT2D eigenvalue weighted by Crippen LogP contribution is -2.33. The van der Waals surface area contributed by atoms with Crippen molar-refractivity contribution >= 4 is 32.5 Å². The van der Waals surface area contributed by atoms with Gasteiger partial charge in [-0.3, -0.25) is 9.09 Å². The number of hydrogen-bond donors (Lipinski definition) is 6. The lowest BCUT2D eigenvalue weighted by atomic mass is 10.1. The number of pyridine rings is 1. The van der Waals surface area contributed by atoms with E-state index < -0.39 is 46.8 Å². The first-order chi connectivity index (χ1) is 12.5. The SMILES string of the molecule is Nc1ccnc2c1ncn2[C@@H]1O[C@H](COP(=O)(O)OP(=O)(O)O)C(O)C1O. The van der Waals surface area contributed by atoms with Gasteiger partial charge < -0.3 is 35.4 Å². The molecule has 0 radical (unpaired) electrons. The molecule has 3 heterocycles. The van der Waals surface area contributed by atoms with Gasteiger partial charge in [-0.2, -0.15) is 4.31 Å². The first-order valence-corrected chi connectivity index (χ1v) is 10.3. The summed E-state index contributed by atoms with van der Waals surface area (Å²) >= 11 is 0. The number of hydrogen-bond acceptors (Lipinski definition) is 10. The summed E-state index contributed by atoms with van der Waals surface area (Å²) in [4.78, 5) is 34.5. The Bertz CT molecular complexity index is 931. The highest BCUT2D eigenvalue weighted by Crippen LogP contribution is 2.57. The van der Waals surface area contributed by atoms with Gasteiger partial charge in [-0.1, -0.05) is 0 Å². The second-order valence-electron chi connectivity index (χ2n) is 5.61. The molecule has 14 nitrogen and oxygen atoms in total. The predicted molar refractivity (Wildman–Crippen MR) is 86.8 cm³/mol. The Morgan fingerprint density at radius 3 is 2.59 bits per heavy atom. The molecule has 3 unspecified atom stereocenters. The zero-order valence-electron chi connectivity index (χ0n) is 13.3. The molecular weight excluding hydrogens is 410 g/mol. The van der Waals surface area contributed by atoms with Crippen LogP contribution in [0.1, 0.15) is 6.23 Å². The van der Waals surface area contributed by atoms with Crippen molar-refractivity contribution in [1.82, 2.24) is 14.5 Å². The molecule has 1 saturated heterocycles. The number of nitrogens with zero attached hydrogens (tertiary/aromatic N) is 3. The number of anilines is 1. The Balaban J connectivity index is 1.75. The molecule has 5 atom stereocenters. The fourth-order valence-electron chi connectivity index (χ4n) is 2.56. The molecule has 1 aliphatic rings. The van der Waals surface area contributed by atoms with Gasteiger partial charge in [0.2, 0.25) is 0 Å². The van der Waals surface area contributed by atoms with E-state index in [-0.39, 0.29) is 5.65 Å². The van der Waals surface area contributed by atoms with Gasteiger partial charge in [-0.15, -0.1) is 0 Å². The van der Waals surface area contributed by atoms with E-state index in [1.807, 2.05) is 0 Å². The van der Waals surface area contributed by atoms with Crippen LogP contribution in [-0.2, 0) is 22.7 Å². The third-order valence-corrected chi connectivity index (χ3v) is 5.87. The van der Waals surface area contributed by atoms with Crippen molar-refractivity contribution in [3.8, 4) is 0 Å². The minimum Gasteiger partial charge on any atom is -0.397 e. The van der Waals surface area contributed by atoms with Crippen molar-refractivity contribution in [2.45, 2.75) is 24.5 Å². The highest BCUT2D eigenvalue weighted by molar-refractivity contribution is 7.60. The molecule has 0 bridgehead atoms. The maximum atomic E-state index is 11.5. The lowest BCUT2D eigenvalue weighted by molar-refractivity contribution is -0.0503. The minimum atomic E-state index is -5.28. The first-order valence-electron chi connectivity index (χ1n) is 7.31. The van der Waals surface area contributed by atoms with E-state index in [0.29, 0.717) is 11.2 Å². The van der Waals surface area contributed by atoms with Crippen molar-refractivity contribution in [3.05, 3.63) is 18.6 Å². The number of nitrogens with two attached hydrogens (primary N) is 1. The van der Waals surface area contributed by atoms with Crippen LogP contribution in [-0.4, -0.2) is 64.3 Å². The quantitative estimate of drug-likeness (QED) is 0.301. The number of fused-ring (bicyclic) bond motifs is 1. The Hall–Kier alpha value is -1.44. The number of aromatic nitrogens is 3. The zero-order valence-corrected chi connectivity index (χ0v) is 15.1. The van der Waals surface area contributed by atoms with Gasteiger partial charge >= 0.3 is 15.6 Å². The standard InChI is InChI=1S/C11H16N4O10P2/c12-5-1-2-13-10-7(5)14-4-15(10)11-9(17)8(16)6(24-11)3-23-27(21,22)25-26(18,19)20/h1-2,4,6,8-9,11,16-17H,3H2,(H2,12,13)(H,21,22)(H2,18,19,20)/t6-,8?,9?,11-/m1/s1. The second-order valence-corrected chi connectivity index (χ2v) is 8.44. The van der Waals surface area contributed by atoms with Crippen LogP contribution in [0, 0.1) is 0 Å². The lowest BCUT2D eigenvalue weighted by Gasteiger charge is -2.17. The van der Waals surface area contributed by atoms with E-state index in [1.165, 1.54) is 23.2 Å². The molecule has 0 amide bonds. The van der Waals surface area contributed by atoms with Crippen molar-refractivity contribution in [2.75, 3.05) is 12.3 Å². The number of aliphatic hydroxyl groups is 2. The molecule has 3 rings (SSSR count). The fourth-order valence-corrected chi connectivity index (χ4v) is 4.16. The van der Waals surface area contributed by atoms with Crippen LogP contribution >= 0.6 is 15.6 Å². The van der Waals surface area contributed by atoms with Crippen LogP contribution in [0.5, 0.6) is 0 Å². The predicted octanol–water partition coefficient (Wildman–Crippen LogP) is -1.14. The molecule has 27 heavy (non-hydrogen) atoms. The second kappa shape index (κ2) is 7.18. The molecule has 0 saturated carbocycles. The van der Waals surface area contributed by atoms with Gasteiger partial charge in [-0.05, 0) is 6.07 Å². The zero-order chi connectivity index (χ0) is 20.0. The summed E-state index contributed by atoms with van der Waals surface area (Å²) < 4.78 is 36.9. The molecule has 2 aromatic rings. The van der Waals surface area contributed by atoms with Gasteiger partial charge in [0.15, 0.2) is 11.9 Å². The Labute approximate surface area is 151 Å². The van der Waals surface area contributed by atoms with Crippen molar-refractivity contribution in [2.24, 2.45) is 0 Å². The van der Waals surface area contributed by atoms with E-state index in [1.54, 1.807) is 0 Å². The number of nitrogen functional groups attached to an aromatic ring is 1. The average Bonchev–Trinajstić information content (AvgIpc) is 3.07. The maximum absolute atomic E-state index is 11.5. The highest BCUT2D eigenvalue weighted by Gasteiger charge is 2.46. The number of phosphoric ester groups is 1. The van der Waals surface area contributed by atoms with Gasteiger partial charge in [-0.25, -0.2) is 19.1 Å². The summed E-state index contributed by atoms with van der Waals surface area (Å²) in [5.74, 6) is 0. The highest BCUT2D eigenvalue weighted by atomic mass is 31.3. The van der Waals surface area contributed by atoms with Crippen LogP contribution in [0.2, 0.25) is 0 Å². The van der Waals surface area contributed by atoms with E-state index >= 15 is 0 Å². The maximum Gasteiger partial charge on any atom is 0.481 e. The molecule has 7 N–H and O–H groups in total. The number of phosphoric acid groups is 2. The molecule has 2 aromatic heterocycles. The van der Waals surface area contributed by atoms with Crippen LogP contribution in [0.4, 0.5) is 5.69 Å². The third kappa shape index (κ3) is 4.36. The first kappa shape index (κ1) is 20.3. The summed E-state index contributed by atoms with van der Waals surface area (Å²) in [6.07, 6.45) is -2.83. The average molecular weight is 426 g/mol. The molecule has 1 aliphatic heterocycles. The monoisotopic (exact) mass is 426 g/mol. The molecule has 1 fully saturated rings.